The highest BCUT2D eigenvalue weighted by atomic mass is 35.6. The van der Waals surface area contributed by atoms with Gasteiger partial charge in [0, 0.05) is 6.54 Å². The third kappa shape index (κ3) is 23.3. The molecule has 4 rings (SSSR count). The molecule has 0 radical (unpaired) electrons. The summed E-state index contributed by atoms with van der Waals surface area (Å²) < 4.78 is 5.98. The molecule has 0 spiro atoms. The molecule has 2 N–H and O–H groups in total. The molecule has 0 aliphatic heterocycles. The SMILES string of the molecule is C.C.C=CCO.C=CCO[SiH](c1ccccc1)c1ccccc1.CCCC.CCNCl.Cl[SiH](c1ccccc1)c1ccccc1. The highest BCUT2D eigenvalue weighted by Crippen LogP contribution is 1.96. The average molecular weight is 687 g/mol. The van der Waals surface area contributed by atoms with Crippen LogP contribution in [0, 0.1) is 0 Å². The molecule has 0 aromatic heterocycles. The Balaban J connectivity index is -0.000000565. The number of unbranched alkanes of at least 4 members (excludes halogenated alkanes) is 1. The van der Waals surface area contributed by atoms with Crippen molar-refractivity contribution in [2.75, 3.05) is 19.8 Å². The Kier molecular flexibility index (Phi) is 35.4. The van der Waals surface area contributed by atoms with Gasteiger partial charge in [-0.25, -0.2) is 4.84 Å². The maximum atomic E-state index is 7.76. The second-order valence-electron chi connectivity index (χ2n) is 8.97. The minimum absolute atomic E-state index is 0. The number of benzene rings is 4. The maximum Gasteiger partial charge on any atom is 0.240 e. The van der Waals surface area contributed by atoms with Gasteiger partial charge in [-0.05, 0) is 32.5 Å². The normalized spacial score (nSPS) is 9.07. The molecular weight excluding hydrogens is 630 g/mol. The molecule has 0 unspecified atom stereocenters. The van der Waals surface area contributed by atoms with E-state index in [-0.39, 0.29) is 21.5 Å². The van der Waals surface area contributed by atoms with Gasteiger partial charge < -0.3 is 9.53 Å². The maximum absolute atomic E-state index is 7.76. The molecule has 7 heteroatoms. The molecule has 0 saturated heterocycles. The average Bonchev–Trinajstić information content (AvgIpc) is 3.10. The Morgan fingerprint density at radius 2 is 0.933 bits per heavy atom. The quantitative estimate of drug-likeness (QED) is 0.0787. The van der Waals surface area contributed by atoms with Crippen molar-refractivity contribution in [2.45, 2.75) is 48.5 Å². The van der Waals surface area contributed by atoms with Gasteiger partial charge in [0.05, 0.1) is 13.2 Å². The van der Waals surface area contributed by atoms with Gasteiger partial charge in [-0.3, -0.25) is 0 Å². The predicted octanol–water partition coefficient (Wildman–Crippen LogP) is 7.48. The van der Waals surface area contributed by atoms with Gasteiger partial charge in [0.2, 0.25) is 17.1 Å². The van der Waals surface area contributed by atoms with E-state index in [1.807, 2.05) is 61.5 Å². The molecule has 0 amide bonds. The van der Waals surface area contributed by atoms with Gasteiger partial charge >= 0.3 is 0 Å². The van der Waals surface area contributed by atoms with Crippen molar-refractivity contribution in [1.82, 2.24) is 4.84 Å². The van der Waals surface area contributed by atoms with Crippen LogP contribution in [0.3, 0.4) is 0 Å². The molecule has 0 aliphatic rings. The lowest BCUT2D eigenvalue weighted by Crippen LogP contribution is -2.44. The first-order valence-electron chi connectivity index (χ1n) is 14.7. The number of nitrogens with one attached hydrogen (secondary N) is 1. The third-order valence-electron chi connectivity index (χ3n) is 5.53. The monoisotopic (exact) mass is 685 g/mol. The predicted molar refractivity (Wildman–Crippen MR) is 211 cm³/mol. The zero-order chi connectivity index (χ0) is 32.0. The van der Waals surface area contributed by atoms with Crippen LogP contribution in [-0.4, -0.2) is 42.0 Å². The Bertz CT molecular complexity index is 1070. The van der Waals surface area contributed by atoms with Crippen LogP contribution >= 0.6 is 22.9 Å². The summed E-state index contributed by atoms with van der Waals surface area (Å²) >= 11 is 11.4. The summed E-state index contributed by atoms with van der Waals surface area (Å²) in [6.45, 7) is 14.8. The van der Waals surface area contributed by atoms with Gasteiger partial charge in [0.15, 0.2) is 0 Å². The van der Waals surface area contributed by atoms with E-state index in [1.54, 1.807) is 0 Å². The van der Waals surface area contributed by atoms with Crippen LogP contribution in [0.1, 0.15) is 48.5 Å². The smallest absolute Gasteiger partial charge is 0.240 e. The van der Waals surface area contributed by atoms with Crippen LogP contribution in [0.25, 0.3) is 0 Å². The molecule has 0 atom stereocenters. The number of aliphatic hydroxyl groups is 1. The van der Waals surface area contributed by atoms with Crippen molar-refractivity contribution in [3.63, 3.8) is 0 Å². The largest absolute Gasteiger partial charge is 0.407 e. The first-order chi connectivity index (χ1) is 21.0. The van der Waals surface area contributed by atoms with Gasteiger partial charge in [-0.15, -0.1) is 13.2 Å². The Hall–Kier alpha value is -2.75. The summed E-state index contributed by atoms with van der Waals surface area (Å²) in [7, 11) is -2.99. The van der Waals surface area contributed by atoms with Crippen LogP contribution in [0.2, 0.25) is 0 Å². The second kappa shape index (κ2) is 34.1. The number of hydrogen-bond donors (Lipinski definition) is 2. The first kappa shape index (κ1) is 46.7. The standard InChI is InChI=1S/C15H16OSi.C12H11ClSi.C4H10.C3H6O.C2H6ClN.2CH4/c1-2-13-16-17(14-9-5-3-6-10-14)15-11-7-4-8-12-15;13-14(11-7-3-1-4-8-11)12-9-5-2-6-10-12;1-3-4-2;1-2-3-4;1-2-4-3;;/h2-12,17H,1,13H2;1-10,14H;3-4H2,1-2H3;2,4H,1,3H2;4H,2H2,1H3;2*1H4. The summed E-state index contributed by atoms with van der Waals surface area (Å²) in [6.07, 6.45) is 5.88. The number of rotatable bonds is 10. The molecule has 0 fully saturated rings. The van der Waals surface area contributed by atoms with Crippen molar-refractivity contribution in [2.24, 2.45) is 0 Å². The van der Waals surface area contributed by atoms with Gasteiger partial charge in [0.1, 0.15) is 0 Å². The lowest BCUT2D eigenvalue weighted by molar-refractivity contribution is 0.343. The minimum atomic E-state index is -1.54. The molecule has 248 valence electrons. The lowest BCUT2D eigenvalue weighted by Gasteiger charge is -2.15. The Morgan fingerprint density at radius 1 is 0.644 bits per heavy atom. The van der Waals surface area contributed by atoms with E-state index >= 15 is 0 Å². The van der Waals surface area contributed by atoms with Crippen LogP contribution in [-0.2, 0) is 4.43 Å². The second-order valence-corrected chi connectivity index (χ2v) is 15.0. The fourth-order valence-electron chi connectivity index (χ4n) is 3.24. The lowest BCUT2D eigenvalue weighted by atomic mass is 10.4. The zero-order valence-electron chi connectivity index (χ0n) is 25.9. The van der Waals surface area contributed by atoms with Crippen molar-refractivity contribution < 1.29 is 9.53 Å². The van der Waals surface area contributed by atoms with Crippen molar-refractivity contribution in [3.05, 3.63) is 147 Å². The topological polar surface area (TPSA) is 41.5 Å². The zero-order valence-corrected chi connectivity index (χ0v) is 29.7. The van der Waals surface area contributed by atoms with E-state index in [9.17, 15) is 0 Å². The van der Waals surface area contributed by atoms with Gasteiger partial charge in [-0.2, -0.15) is 11.1 Å². The fourth-order valence-corrected chi connectivity index (χ4v) is 7.86. The van der Waals surface area contributed by atoms with Crippen LogP contribution in [0.4, 0.5) is 0 Å². The summed E-state index contributed by atoms with van der Waals surface area (Å²) in [6, 6.07) is 41.6. The minimum Gasteiger partial charge on any atom is -0.407 e. The van der Waals surface area contributed by atoms with Crippen molar-refractivity contribution >= 4 is 60.7 Å². The molecular formula is C38H57Cl2NO2Si2. The molecule has 0 aliphatic carbocycles. The van der Waals surface area contributed by atoms with E-state index in [0.717, 1.165) is 6.54 Å². The van der Waals surface area contributed by atoms with Crippen molar-refractivity contribution in [3.8, 4) is 0 Å². The summed E-state index contributed by atoms with van der Waals surface area (Å²) in [5.41, 5.74) is 0. The number of halogens is 2. The highest BCUT2D eigenvalue weighted by Gasteiger charge is 2.16. The van der Waals surface area contributed by atoms with E-state index < -0.39 is 17.1 Å². The molecule has 0 bridgehead atoms. The van der Waals surface area contributed by atoms with E-state index in [0.29, 0.717) is 6.61 Å². The Labute approximate surface area is 288 Å². The third-order valence-corrected chi connectivity index (χ3v) is 11.8. The summed E-state index contributed by atoms with van der Waals surface area (Å²) in [5, 5.41) is 12.9. The van der Waals surface area contributed by atoms with E-state index in [4.69, 9.17) is 32.4 Å². The summed E-state index contributed by atoms with van der Waals surface area (Å²) in [4.78, 5) is 2.40. The van der Waals surface area contributed by atoms with E-state index in [1.165, 1.54) is 39.7 Å². The molecule has 3 nitrogen and oxygen atoms in total. The van der Waals surface area contributed by atoms with Crippen LogP contribution < -0.4 is 25.6 Å². The molecule has 4 aromatic carbocycles. The highest BCUT2D eigenvalue weighted by molar-refractivity contribution is 7.21. The molecule has 0 saturated carbocycles. The Morgan fingerprint density at radius 3 is 1.16 bits per heavy atom. The van der Waals surface area contributed by atoms with Gasteiger partial charge in [0.25, 0.3) is 0 Å². The van der Waals surface area contributed by atoms with E-state index in [2.05, 4.69) is 105 Å². The summed E-state index contributed by atoms with van der Waals surface area (Å²) in [5.74, 6) is 0. The number of aliphatic hydroxyl groups excluding tert-OH is 1. The van der Waals surface area contributed by atoms with Crippen LogP contribution in [0.15, 0.2) is 147 Å². The van der Waals surface area contributed by atoms with Gasteiger partial charge in [-0.1, -0.05) is 182 Å². The fraction of sp³-hybridized carbons (Fsp3) is 0.263. The molecule has 45 heavy (non-hydrogen) atoms. The van der Waals surface area contributed by atoms with Crippen molar-refractivity contribution in [1.29, 1.82) is 0 Å². The molecule has 4 aromatic rings. The first-order valence-corrected chi connectivity index (χ1v) is 19.6. The van der Waals surface area contributed by atoms with Crippen LogP contribution in [0.5, 0.6) is 0 Å². The molecule has 0 heterocycles. The number of hydrogen-bond acceptors (Lipinski definition) is 3.